The fourth-order valence-electron chi connectivity index (χ4n) is 2.73. The second-order valence-corrected chi connectivity index (χ2v) is 9.09. The van der Waals surface area contributed by atoms with Gasteiger partial charge >= 0.3 is 0 Å². The number of hydrogen-bond acceptors (Lipinski definition) is 4. The summed E-state index contributed by atoms with van der Waals surface area (Å²) in [5.41, 5.74) is 1.24. The molecular formula is C14H25N3O2S2. The molecular weight excluding hydrogens is 306 g/mol. The van der Waals surface area contributed by atoms with E-state index in [4.69, 9.17) is 0 Å². The van der Waals surface area contributed by atoms with Gasteiger partial charge in [-0.1, -0.05) is 25.6 Å². The normalized spacial score (nSPS) is 21.1. The van der Waals surface area contributed by atoms with Crippen LogP contribution in [-0.2, 0) is 17.1 Å². The number of imidazole rings is 1. The Kier molecular flexibility index (Phi) is 5.38. The van der Waals surface area contributed by atoms with Crippen LogP contribution in [0.15, 0.2) is 11.4 Å². The molecule has 2 heterocycles. The van der Waals surface area contributed by atoms with E-state index < -0.39 is 10.0 Å². The standard InChI is InChI=1S/C14H25N3O2S2/c1-11(2)13-8-15-14(16(13)3)20-10-12-6-5-7-17(9-12)21(4,18)19/h8,11-12H,5-7,9-10H2,1-4H3/t12-/m1/s1. The highest BCUT2D eigenvalue weighted by atomic mass is 32.2. The van der Waals surface area contributed by atoms with E-state index in [0.29, 0.717) is 24.9 Å². The third kappa shape index (κ3) is 4.23. The highest BCUT2D eigenvalue weighted by molar-refractivity contribution is 7.99. The highest BCUT2D eigenvalue weighted by Crippen LogP contribution is 2.27. The second-order valence-electron chi connectivity index (χ2n) is 6.12. The molecule has 0 amide bonds. The first-order valence-electron chi connectivity index (χ1n) is 7.38. The van der Waals surface area contributed by atoms with Crippen LogP contribution in [0.2, 0.25) is 0 Å². The molecule has 1 atom stereocenters. The van der Waals surface area contributed by atoms with Crippen LogP contribution in [0.3, 0.4) is 0 Å². The fraction of sp³-hybridized carbons (Fsp3) is 0.786. The van der Waals surface area contributed by atoms with Crippen molar-refractivity contribution in [2.45, 2.75) is 37.8 Å². The number of aromatic nitrogens is 2. The molecule has 0 bridgehead atoms. The molecule has 0 unspecified atom stereocenters. The molecule has 0 aliphatic carbocycles. The Labute approximate surface area is 132 Å². The molecule has 2 rings (SSSR count). The number of rotatable bonds is 5. The lowest BCUT2D eigenvalue weighted by Crippen LogP contribution is -2.39. The number of nitrogens with zero attached hydrogens (tertiary/aromatic N) is 3. The molecule has 21 heavy (non-hydrogen) atoms. The molecule has 0 N–H and O–H groups in total. The van der Waals surface area contributed by atoms with Crippen molar-refractivity contribution in [2.75, 3.05) is 25.1 Å². The van der Waals surface area contributed by atoms with Crippen molar-refractivity contribution in [3.63, 3.8) is 0 Å². The minimum absolute atomic E-state index is 0.415. The summed E-state index contributed by atoms with van der Waals surface area (Å²) in [6, 6.07) is 0. The van der Waals surface area contributed by atoms with Crippen LogP contribution < -0.4 is 0 Å². The molecule has 1 fully saturated rings. The summed E-state index contributed by atoms with van der Waals surface area (Å²) in [6.45, 7) is 5.64. The first-order chi connectivity index (χ1) is 9.79. The Morgan fingerprint density at radius 1 is 1.48 bits per heavy atom. The van der Waals surface area contributed by atoms with Crippen LogP contribution >= 0.6 is 11.8 Å². The lowest BCUT2D eigenvalue weighted by atomic mass is 10.0. The van der Waals surface area contributed by atoms with Crippen LogP contribution in [0.1, 0.15) is 38.3 Å². The van der Waals surface area contributed by atoms with Gasteiger partial charge in [-0.3, -0.25) is 0 Å². The molecule has 1 aromatic heterocycles. The van der Waals surface area contributed by atoms with Gasteiger partial charge in [0.15, 0.2) is 5.16 Å². The largest absolute Gasteiger partial charge is 0.326 e. The smallest absolute Gasteiger partial charge is 0.211 e. The second kappa shape index (κ2) is 6.71. The Morgan fingerprint density at radius 2 is 2.19 bits per heavy atom. The molecule has 1 aromatic rings. The van der Waals surface area contributed by atoms with Crippen molar-refractivity contribution in [3.8, 4) is 0 Å². The van der Waals surface area contributed by atoms with E-state index >= 15 is 0 Å². The molecule has 1 aliphatic rings. The van der Waals surface area contributed by atoms with Crippen molar-refractivity contribution in [3.05, 3.63) is 11.9 Å². The molecule has 5 nitrogen and oxygen atoms in total. The average Bonchev–Trinajstić information content (AvgIpc) is 2.77. The molecule has 120 valence electrons. The van der Waals surface area contributed by atoms with Gasteiger partial charge in [0.05, 0.1) is 6.26 Å². The number of hydrogen-bond donors (Lipinski definition) is 0. The molecule has 0 spiro atoms. The Bertz CT molecular complexity index is 581. The molecule has 7 heteroatoms. The molecule has 1 aliphatic heterocycles. The Hall–Kier alpha value is -0.530. The van der Waals surface area contributed by atoms with Gasteiger partial charge < -0.3 is 4.57 Å². The number of piperidine rings is 1. The van der Waals surface area contributed by atoms with Gasteiger partial charge in [-0.2, -0.15) is 0 Å². The minimum Gasteiger partial charge on any atom is -0.326 e. The van der Waals surface area contributed by atoms with Crippen molar-refractivity contribution < 1.29 is 8.42 Å². The van der Waals surface area contributed by atoms with E-state index in [1.807, 2.05) is 13.2 Å². The average molecular weight is 332 g/mol. The zero-order chi connectivity index (χ0) is 15.6. The summed E-state index contributed by atoms with van der Waals surface area (Å²) in [7, 11) is -1.00. The first kappa shape index (κ1) is 16.8. The summed E-state index contributed by atoms with van der Waals surface area (Å²) in [6.07, 6.45) is 5.30. The lowest BCUT2D eigenvalue weighted by Gasteiger charge is -2.30. The third-order valence-electron chi connectivity index (χ3n) is 3.97. The number of sulfonamides is 1. The first-order valence-corrected chi connectivity index (χ1v) is 10.2. The maximum Gasteiger partial charge on any atom is 0.211 e. The van der Waals surface area contributed by atoms with Gasteiger partial charge in [-0.25, -0.2) is 17.7 Å². The topological polar surface area (TPSA) is 55.2 Å². The zero-order valence-corrected chi connectivity index (χ0v) is 14.9. The fourth-order valence-corrected chi connectivity index (χ4v) is 4.76. The van der Waals surface area contributed by atoms with Gasteiger partial charge in [-0.05, 0) is 24.7 Å². The van der Waals surface area contributed by atoms with Crippen LogP contribution in [0.4, 0.5) is 0 Å². The molecule has 0 radical (unpaired) electrons. The summed E-state index contributed by atoms with van der Waals surface area (Å²) in [4.78, 5) is 4.48. The van der Waals surface area contributed by atoms with E-state index in [9.17, 15) is 8.42 Å². The quantitative estimate of drug-likeness (QED) is 0.777. The van der Waals surface area contributed by atoms with Crippen molar-refractivity contribution in [1.29, 1.82) is 0 Å². The minimum atomic E-state index is -3.05. The van der Waals surface area contributed by atoms with Crippen LogP contribution in [0, 0.1) is 5.92 Å². The molecule has 0 aromatic carbocycles. The lowest BCUT2D eigenvalue weighted by molar-refractivity contribution is 0.286. The summed E-state index contributed by atoms with van der Waals surface area (Å²) < 4.78 is 27.0. The number of thioether (sulfide) groups is 1. The van der Waals surface area contributed by atoms with E-state index in [-0.39, 0.29) is 0 Å². The van der Waals surface area contributed by atoms with E-state index in [2.05, 4.69) is 23.4 Å². The summed E-state index contributed by atoms with van der Waals surface area (Å²) in [5.74, 6) is 1.80. The predicted molar refractivity (Wildman–Crippen MR) is 87.2 cm³/mol. The third-order valence-corrected chi connectivity index (χ3v) is 6.52. The summed E-state index contributed by atoms with van der Waals surface area (Å²) >= 11 is 1.73. The van der Waals surface area contributed by atoms with Gasteiger partial charge in [0.2, 0.25) is 10.0 Å². The van der Waals surface area contributed by atoms with Gasteiger partial charge in [-0.15, -0.1) is 0 Å². The monoisotopic (exact) mass is 331 g/mol. The van der Waals surface area contributed by atoms with Crippen LogP contribution in [-0.4, -0.2) is 47.4 Å². The summed E-state index contributed by atoms with van der Waals surface area (Å²) in [5, 5.41) is 1.02. The van der Waals surface area contributed by atoms with Gasteiger partial charge in [0.1, 0.15) is 0 Å². The predicted octanol–water partition coefficient (Wildman–Crippen LogP) is 2.31. The van der Waals surface area contributed by atoms with Crippen LogP contribution in [0.5, 0.6) is 0 Å². The highest BCUT2D eigenvalue weighted by Gasteiger charge is 2.26. The molecule has 0 saturated carbocycles. The van der Waals surface area contributed by atoms with Crippen LogP contribution in [0.25, 0.3) is 0 Å². The van der Waals surface area contributed by atoms with E-state index in [0.717, 1.165) is 23.8 Å². The Morgan fingerprint density at radius 3 is 2.76 bits per heavy atom. The SMILES string of the molecule is CC(C)c1cnc(SC[C@@H]2CCCN(S(C)(=O)=O)C2)n1C. The van der Waals surface area contributed by atoms with Crippen molar-refractivity contribution in [1.82, 2.24) is 13.9 Å². The Balaban J connectivity index is 1.94. The van der Waals surface area contributed by atoms with Gasteiger partial charge in [0.25, 0.3) is 0 Å². The van der Waals surface area contributed by atoms with Gasteiger partial charge in [0, 0.05) is 37.8 Å². The van der Waals surface area contributed by atoms with Crippen molar-refractivity contribution in [2.24, 2.45) is 13.0 Å². The zero-order valence-electron chi connectivity index (χ0n) is 13.2. The van der Waals surface area contributed by atoms with E-state index in [1.165, 1.54) is 11.9 Å². The van der Waals surface area contributed by atoms with E-state index in [1.54, 1.807) is 16.1 Å². The van der Waals surface area contributed by atoms with Crippen molar-refractivity contribution >= 4 is 21.8 Å². The maximum atomic E-state index is 11.6. The molecule has 1 saturated heterocycles. The maximum absolute atomic E-state index is 11.6.